The molecule has 0 amide bonds. The topological polar surface area (TPSA) is 102 Å². The molecule has 0 fully saturated rings. The first-order valence-corrected chi connectivity index (χ1v) is 6.67. The Labute approximate surface area is 113 Å². The summed E-state index contributed by atoms with van der Waals surface area (Å²) < 4.78 is 10.5. The van der Waals surface area contributed by atoms with Gasteiger partial charge in [-0.15, -0.1) is 10.2 Å². The summed E-state index contributed by atoms with van der Waals surface area (Å²) in [6, 6.07) is 1.75. The fourth-order valence-electron chi connectivity index (χ4n) is 1.41. The lowest BCUT2D eigenvalue weighted by molar-refractivity contribution is -0.133. The molecule has 0 saturated heterocycles. The fourth-order valence-corrected chi connectivity index (χ4v) is 1.89. The summed E-state index contributed by atoms with van der Waals surface area (Å²) >= 11 is 0.963. The lowest BCUT2D eigenvalue weighted by Gasteiger charge is -1.96. The van der Waals surface area contributed by atoms with Crippen LogP contribution in [0.15, 0.2) is 20.2 Å². The number of carboxylic acids is 1. The van der Waals surface area contributed by atoms with Crippen molar-refractivity contribution in [2.24, 2.45) is 5.92 Å². The zero-order chi connectivity index (χ0) is 13.8. The van der Waals surface area contributed by atoms with E-state index in [1.807, 2.05) is 0 Å². The largest absolute Gasteiger partial charge is 0.481 e. The SMILES string of the molecule is CC(C)Cc1cc(-c2nnc(SCC(=O)O)o2)no1. The standard InChI is InChI=1S/C11H13N3O4S/c1-6(2)3-7-4-8(14-18-7)10-12-13-11(17-10)19-5-9(15)16/h4,6H,3,5H2,1-2H3,(H,15,16). The quantitative estimate of drug-likeness (QED) is 0.804. The maximum absolute atomic E-state index is 10.4. The van der Waals surface area contributed by atoms with Crippen LogP contribution in [0.25, 0.3) is 11.6 Å². The summed E-state index contributed by atoms with van der Waals surface area (Å²) in [5.41, 5.74) is 0.463. The molecule has 2 rings (SSSR count). The molecule has 19 heavy (non-hydrogen) atoms. The van der Waals surface area contributed by atoms with Gasteiger partial charge in [-0.25, -0.2) is 0 Å². The monoisotopic (exact) mass is 283 g/mol. The van der Waals surface area contributed by atoms with Crippen LogP contribution in [0.1, 0.15) is 19.6 Å². The van der Waals surface area contributed by atoms with Gasteiger partial charge in [0.05, 0.1) is 0 Å². The normalized spacial score (nSPS) is 11.1. The average molecular weight is 283 g/mol. The highest BCUT2D eigenvalue weighted by atomic mass is 32.2. The van der Waals surface area contributed by atoms with E-state index < -0.39 is 5.97 Å². The van der Waals surface area contributed by atoms with Crippen LogP contribution in [0.3, 0.4) is 0 Å². The zero-order valence-electron chi connectivity index (χ0n) is 10.5. The van der Waals surface area contributed by atoms with Crippen LogP contribution >= 0.6 is 11.8 Å². The van der Waals surface area contributed by atoms with Gasteiger partial charge in [-0.05, 0) is 5.92 Å². The van der Waals surface area contributed by atoms with Gasteiger partial charge in [0.2, 0.25) is 0 Å². The first kappa shape index (κ1) is 13.6. The Kier molecular flexibility index (Phi) is 4.20. The summed E-state index contributed by atoms with van der Waals surface area (Å²) in [6.45, 7) is 4.16. The third-order valence-electron chi connectivity index (χ3n) is 2.11. The Hall–Kier alpha value is -1.83. The van der Waals surface area contributed by atoms with Crippen molar-refractivity contribution < 1.29 is 18.8 Å². The predicted molar refractivity (Wildman–Crippen MR) is 66.7 cm³/mol. The summed E-state index contributed by atoms with van der Waals surface area (Å²) in [5, 5.41) is 20.1. The van der Waals surface area contributed by atoms with Gasteiger partial charge in [-0.3, -0.25) is 4.79 Å². The van der Waals surface area contributed by atoms with Gasteiger partial charge >= 0.3 is 5.97 Å². The van der Waals surface area contributed by atoms with Crippen LogP contribution in [0.4, 0.5) is 0 Å². The number of hydrogen-bond donors (Lipinski definition) is 1. The molecule has 8 heteroatoms. The highest BCUT2D eigenvalue weighted by Crippen LogP contribution is 2.23. The van der Waals surface area contributed by atoms with Gasteiger partial charge < -0.3 is 14.0 Å². The Morgan fingerprint density at radius 2 is 2.26 bits per heavy atom. The number of thioether (sulfide) groups is 1. The minimum Gasteiger partial charge on any atom is -0.481 e. The van der Waals surface area contributed by atoms with E-state index in [4.69, 9.17) is 14.0 Å². The number of hydrogen-bond acceptors (Lipinski definition) is 7. The molecule has 102 valence electrons. The minimum absolute atomic E-state index is 0.126. The van der Waals surface area contributed by atoms with Crippen LogP contribution in [0.5, 0.6) is 0 Å². The summed E-state index contributed by atoms with van der Waals surface area (Å²) in [4.78, 5) is 10.4. The molecule has 0 aliphatic carbocycles. The third-order valence-corrected chi connectivity index (χ3v) is 2.92. The van der Waals surface area contributed by atoms with Gasteiger partial charge in [0.25, 0.3) is 11.1 Å². The van der Waals surface area contributed by atoms with E-state index in [1.54, 1.807) is 6.07 Å². The number of nitrogens with zero attached hydrogens (tertiary/aromatic N) is 3. The summed E-state index contributed by atoms with van der Waals surface area (Å²) in [7, 11) is 0. The van der Waals surface area contributed by atoms with Crippen LogP contribution in [0, 0.1) is 5.92 Å². The number of carboxylic acid groups (broad SMARTS) is 1. The van der Waals surface area contributed by atoms with Crippen molar-refractivity contribution in [3.63, 3.8) is 0 Å². The maximum Gasteiger partial charge on any atom is 0.314 e. The fraction of sp³-hybridized carbons (Fsp3) is 0.455. The van der Waals surface area contributed by atoms with E-state index in [-0.39, 0.29) is 16.9 Å². The van der Waals surface area contributed by atoms with E-state index in [1.165, 1.54) is 0 Å². The number of aliphatic carboxylic acids is 1. The first-order valence-electron chi connectivity index (χ1n) is 5.68. The molecule has 1 N–H and O–H groups in total. The molecular weight excluding hydrogens is 270 g/mol. The molecule has 0 unspecified atom stereocenters. The Bertz CT molecular complexity index is 564. The van der Waals surface area contributed by atoms with Crippen molar-refractivity contribution in [2.75, 3.05) is 5.75 Å². The van der Waals surface area contributed by atoms with Gasteiger partial charge in [0.15, 0.2) is 5.69 Å². The second kappa shape index (κ2) is 5.87. The Morgan fingerprint density at radius 1 is 1.47 bits per heavy atom. The van der Waals surface area contributed by atoms with Crippen LogP contribution < -0.4 is 0 Å². The molecule has 2 heterocycles. The average Bonchev–Trinajstić information content (AvgIpc) is 2.93. The molecule has 0 aliphatic heterocycles. The molecule has 0 radical (unpaired) electrons. The van der Waals surface area contributed by atoms with Crippen LogP contribution in [-0.2, 0) is 11.2 Å². The molecule has 0 bridgehead atoms. The maximum atomic E-state index is 10.4. The molecular formula is C11H13N3O4S. The number of rotatable bonds is 6. The molecule has 0 spiro atoms. The highest BCUT2D eigenvalue weighted by molar-refractivity contribution is 7.99. The van der Waals surface area contributed by atoms with E-state index in [2.05, 4.69) is 29.2 Å². The lowest BCUT2D eigenvalue weighted by atomic mass is 10.1. The Morgan fingerprint density at radius 3 is 2.95 bits per heavy atom. The molecule has 0 aliphatic rings. The third kappa shape index (κ3) is 3.82. The van der Waals surface area contributed by atoms with Crippen molar-refractivity contribution in [1.82, 2.24) is 15.4 Å². The van der Waals surface area contributed by atoms with E-state index in [0.717, 1.165) is 23.9 Å². The van der Waals surface area contributed by atoms with E-state index in [0.29, 0.717) is 11.6 Å². The highest BCUT2D eigenvalue weighted by Gasteiger charge is 2.15. The minimum atomic E-state index is -0.939. The van der Waals surface area contributed by atoms with Gasteiger partial charge in [-0.2, -0.15) is 0 Å². The molecule has 2 aromatic rings. The smallest absolute Gasteiger partial charge is 0.314 e. The summed E-state index contributed by atoms with van der Waals surface area (Å²) in [5.74, 6) is 0.379. The second-order valence-corrected chi connectivity index (χ2v) is 5.26. The van der Waals surface area contributed by atoms with Crippen molar-refractivity contribution in [3.05, 3.63) is 11.8 Å². The predicted octanol–water partition coefficient (Wildman–Crippen LogP) is 2.10. The molecule has 0 aromatic carbocycles. The van der Waals surface area contributed by atoms with Gasteiger partial charge in [0.1, 0.15) is 11.5 Å². The van der Waals surface area contributed by atoms with Crippen molar-refractivity contribution in [1.29, 1.82) is 0 Å². The van der Waals surface area contributed by atoms with Crippen LogP contribution in [-0.4, -0.2) is 32.2 Å². The number of aromatic nitrogens is 3. The molecule has 0 saturated carbocycles. The zero-order valence-corrected chi connectivity index (χ0v) is 11.3. The summed E-state index contributed by atoms with van der Waals surface area (Å²) in [6.07, 6.45) is 0.780. The van der Waals surface area contributed by atoms with Crippen LogP contribution in [0.2, 0.25) is 0 Å². The lowest BCUT2D eigenvalue weighted by Crippen LogP contribution is -1.97. The molecule has 2 aromatic heterocycles. The van der Waals surface area contributed by atoms with Crippen molar-refractivity contribution in [3.8, 4) is 11.6 Å². The van der Waals surface area contributed by atoms with Crippen molar-refractivity contribution >= 4 is 17.7 Å². The Balaban J connectivity index is 2.05. The van der Waals surface area contributed by atoms with Gasteiger partial charge in [-0.1, -0.05) is 30.8 Å². The second-order valence-electron chi connectivity index (χ2n) is 4.33. The van der Waals surface area contributed by atoms with E-state index in [9.17, 15) is 4.79 Å². The number of carbonyl (C=O) groups is 1. The van der Waals surface area contributed by atoms with E-state index >= 15 is 0 Å². The molecule has 7 nitrogen and oxygen atoms in total. The molecule has 0 atom stereocenters. The van der Waals surface area contributed by atoms with Crippen molar-refractivity contribution in [2.45, 2.75) is 25.5 Å². The first-order chi connectivity index (χ1) is 9.04. The van der Waals surface area contributed by atoms with Gasteiger partial charge in [0, 0.05) is 12.5 Å².